The molecule has 3 aromatic rings. The van der Waals surface area contributed by atoms with Gasteiger partial charge in [-0.25, -0.2) is 10.2 Å². The number of benzene rings is 2. The minimum absolute atomic E-state index is 0.795. The molecule has 4 rings (SSSR count). The molecular weight excluding hydrogens is 368 g/mol. The van der Waals surface area contributed by atoms with Gasteiger partial charge in [-0.15, -0.1) is 22.4 Å². The van der Waals surface area contributed by atoms with Gasteiger partial charge in [-0.05, 0) is 49.6 Å². The molecular formula is C21H24N6S. The Balaban J connectivity index is 1.75. The van der Waals surface area contributed by atoms with Gasteiger partial charge in [0, 0.05) is 12.3 Å². The van der Waals surface area contributed by atoms with E-state index in [1.807, 2.05) is 22.0 Å². The van der Waals surface area contributed by atoms with Crippen molar-refractivity contribution >= 4 is 17.6 Å². The normalized spacial score (nSPS) is 13.5. The maximum Gasteiger partial charge on any atom is 0.177 e. The lowest BCUT2D eigenvalue weighted by Crippen LogP contribution is -2.40. The minimum Gasteiger partial charge on any atom is -0.271 e. The van der Waals surface area contributed by atoms with Crippen LogP contribution in [0.2, 0.25) is 0 Å². The van der Waals surface area contributed by atoms with Crippen LogP contribution in [0.3, 0.4) is 0 Å². The molecule has 0 unspecified atom stereocenters. The first kappa shape index (κ1) is 18.6. The summed E-state index contributed by atoms with van der Waals surface area (Å²) in [6.07, 6.45) is 1.90. The molecule has 0 radical (unpaired) electrons. The van der Waals surface area contributed by atoms with Crippen LogP contribution in [-0.2, 0) is 5.75 Å². The van der Waals surface area contributed by atoms with Crippen molar-refractivity contribution < 1.29 is 0 Å². The smallest absolute Gasteiger partial charge is 0.177 e. The maximum atomic E-state index is 4.73. The van der Waals surface area contributed by atoms with Crippen LogP contribution in [0, 0.1) is 13.8 Å². The van der Waals surface area contributed by atoms with E-state index in [0.717, 1.165) is 34.4 Å². The molecule has 0 bridgehead atoms. The first-order chi connectivity index (χ1) is 13.7. The summed E-state index contributed by atoms with van der Waals surface area (Å²) in [5.41, 5.74) is 11.7. The van der Waals surface area contributed by atoms with Crippen LogP contribution in [0.4, 0.5) is 0 Å². The monoisotopic (exact) mass is 392 g/mol. The zero-order valence-electron chi connectivity index (χ0n) is 16.3. The highest BCUT2D eigenvalue weighted by atomic mass is 32.2. The van der Waals surface area contributed by atoms with Crippen molar-refractivity contribution in [3.05, 3.63) is 77.0 Å². The number of aromatic nitrogens is 2. The SMILES string of the molecule is CCN1NNN=C1c1cnn(-c2cc(C)cc(C)c2)c1SCc1ccccc1. The van der Waals surface area contributed by atoms with Gasteiger partial charge in [0.25, 0.3) is 0 Å². The van der Waals surface area contributed by atoms with Crippen LogP contribution >= 0.6 is 11.8 Å². The molecule has 1 aliphatic rings. The van der Waals surface area contributed by atoms with Gasteiger partial charge >= 0.3 is 0 Å². The predicted octanol–water partition coefficient (Wildman–Crippen LogP) is 3.79. The van der Waals surface area contributed by atoms with E-state index in [0.29, 0.717) is 0 Å². The van der Waals surface area contributed by atoms with Crippen molar-refractivity contribution in [2.24, 2.45) is 5.10 Å². The number of rotatable bonds is 6. The van der Waals surface area contributed by atoms with Gasteiger partial charge < -0.3 is 0 Å². The molecule has 0 amide bonds. The number of aryl methyl sites for hydroxylation is 2. The van der Waals surface area contributed by atoms with E-state index in [4.69, 9.17) is 5.10 Å². The van der Waals surface area contributed by atoms with E-state index in [9.17, 15) is 0 Å². The third-order valence-electron chi connectivity index (χ3n) is 4.55. The van der Waals surface area contributed by atoms with Crippen LogP contribution in [0.15, 0.2) is 64.9 Å². The number of amidine groups is 1. The van der Waals surface area contributed by atoms with Crippen molar-refractivity contribution in [3.8, 4) is 5.69 Å². The van der Waals surface area contributed by atoms with Crippen LogP contribution in [-0.4, -0.2) is 27.2 Å². The fourth-order valence-corrected chi connectivity index (χ4v) is 4.37. The molecule has 0 atom stereocenters. The van der Waals surface area contributed by atoms with Gasteiger partial charge in [0.05, 0.1) is 17.4 Å². The molecule has 7 heteroatoms. The molecule has 2 aromatic carbocycles. The maximum absolute atomic E-state index is 4.73. The number of hydrazine groups is 2. The molecule has 0 saturated heterocycles. The molecule has 1 aromatic heterocycles. The van der Waals surface area contributed by atoms with Crippen molar-refractivity contribution in [2.45, 2.75) is 31.6 Å². The van der Waals surface area contributed by atoms with Gasteiger partial charge in [0.1, 0.15) is 5.03 Å². The van der Waals surface area contributed by atoms with Crippen molar-refractivity contribution in [2.75, 3.05) is 6.54 Å². The Morgan fingerprint density at radius 3 is 2.50 bits per heavy atom. The van der Waals surface area contributed by atoms with E-state index >= 15 is 0 Å². The van der Waals surface area contributed by atoms with Gasteiger partial charge in [0.15, 0.2) is 5.84 Å². The second-order valence-electron chi connectivity index (χ2n) is 6.80. The Hall–Kier alpha value is -2.77. The quantitative estimate of drug-likeness (QED) is 0.625. The third kappa shape index (κ3) is 3.76. The lowest BCUT2D eigenvalue weighted by atomic mass is 10.1. The second-order valence-corrected chi connectivity index (χ2v) is 7.76. The summed E-state index contributed by atoms with van der Waals surface area (Å²) in [7, 11) is 0. The summed E-state index contributed by atoms with van der Waals surface area (Å²) < 4.78 is 2.03. The molecule has 2 N–H and O–H groups in total. The fraction of sp³-hybridized carbons (Fsp3) is 0.238. The van der Waals surface area contributed by atoms with Gasteiger partial charge in [-0.1, -0.05) is 36.4 Å². The topological polar surface area (TPSA) is 57.5 Å². The van der Waals surface area contributed by atoms with Gasteiger partial charge in [-0.2, -0.15) is 5.10 Å². The Kier molecular flexibility index (Phi) is 5.36. The third-order valence-corrected chi connectivity index (χ3v) is 5.70. The van der Waals surface area contributed by atoms with Crippen LogP contribution in [0.25, 0.3) is 5.69 Å². The van der Waals surface area contributed by atoms with E-state index in [1.165, 1.54) is 16.7 Å². The van der Waals surface area contributed by atoms with Crippen molar-refractivity contribution in [1.82, 2.24) is 25.9 Å². The zero-order valence-corrected chi connectivity index (χ0v) is 17.1. The molecule has 1 aliphatic heterocycles. The van der Waals surface area contributed by atoms with Crippen LogP contribution in [0.1, 0.15) is 29.2 Å². The largest absolute Gasteiger partial charge is 0.271 e. The molecule has 0 aliphatic carbocycles. The summed E-state index contributed by atoms with van der Waals surface area (Å²) in [5.74, 6) is 1.72. The molecule has 0 spiro atoms. The number of nitrogens with zero attached hydrogens (tertiary/aromatic N) is 4. The van der Waals surface area contributed by atoms with E-state index < -0.39 is 0 Å². The van der Waals surface area contributed by atoms with Crippen molar-refractivity contribution in [3.63, 3.8) is 0 Å². The van der Waals surface area contributed by atoms with Crippen LogP contribution in [0.5, 0.6) is 0 Å². The van der Waals surface area contributed by atoms with E-state index in [2.05, 4.69) is 79.4 Å². The Morgan fingerprint density at radius 1 is 1.04 bits per heavy atom. The zero-order chi connectivity index (χ0) is 19.5. The fourth-order valence-electron chi connectivity index (χ4n) is 3.30. The molecule has 6 nitrogen and oxygen atoms in total. The van der Waals surface area contributed by atoms with E-state index in [1.54, 1.807) is 11.8 Å². The number of hydrogen-bond donors (Lipinski definition) is 2. The Morgan fingerprint density at radius 2 is 1.79 bits per heavy atom. The molecule has 0 fully saturated rings. The minimum atomic E-state index is 0.795. The molecule has 144 valence electrons. The molecule has 2 heterocycles. The van der Waals surface area contributed by atoms with Crippen molar-refractivity contribution in [1.29, 1.82) is 0 Å². The summed E-state index contributed by atoms with van der Waals surface area (Å²) >= 11 is 1.78. The highest BCUT2D eigenvalue weighted by molar-refractivity contribution is 7.98. The standard InChI is InChI=1S/C21H24N6S/c1-4-26-20(23-24-25-26)19-13-22-27(18-11-15(2)10-16(3)12-18)21(19)28-14-17-8-6-5-7-9-17/h5-13,24-25H,4,14H2,1-3H3. The number of hydrazone groups is 1. The molecule has 0 saturated carbocycles. The molecule has 28 heavy (non-hydrogen) atoms. The van der Waals surface area contributed by atoms with Gasteiger partial charge in [-0.3, -0.25) is 5.01 Å². The second kappa shape index (κ2) is 8.08. The first-order valence-electron chi connectivity index (χ1n) is 9.35. The predicted molar refractivity (Wildman–Crippen MR) is 114 cm³/mol. The number of nitrogens with one attached hydrogen (secondary N) is 2. The Bertz CT molecular complexity index is 975. The Labute approximate surface area is 169 Å². The summed E-state index contributed by atoms with van der Waals surface area (Å²) in [5, 5.41) is 12.2. The average molecular weight is 393 g/mol. The van der Waals surface area contributed by atoms with E-state index in [-0.39, 0.29) is 0 Å². The lowest BCUT2D eigenvalue weighted by molar-refractivity contribution is 0.308. The lowest BCUT2D eigenvalue weighted by Gasteiger charge is -2.17. The highest BCUT2D eigenvalue weighted by Crippen LogP contribution is 2.30. The van der Waals surface area contributed by atoms with Crippen LogP contribution < -0.4 is 11.1 Å². The summed E-state index contributed by atoms with van der Waals surface area (Å²) in [6.45, 7) is 7.11. The summed E-state index contributed by atoms with van der Waals surface area (Å²) in [6, 6.07) is 17.0. The average Bonchev–Trinajstić information content (AvgIpc) is 3.32. The number of hydrogen-bond acceptors (Lipinski definition) is 6. The number of thioether (sulfide) groups is 1. The summed E-state index contributed by atoms with van der Waals surface area (Å²) in [4.78, 5) is 0. The first-order valence-corrected chi connectivity index (χ1v) is 10.3. The van der Waals surface area contributed by atoms with Gasteiger partial charge in [0.2, 0.25) is 0 Å². The highest BCUT2D eigenvalue weighted by Gasteiger charge is 2.24.